The first-order chi connectivity index (χ1) is 25.1. The zero-order valence-corrected chi connectivity index (χ0v) is 28.7. The summed E-state index contributed by atoms with van der Waals surface area (Å²) >= 11 is 0. The standard InChI is InChI=1S/C39H40N4O9/c1-3-50-38(48)34-21-28-13-18-31(43-39(49)51-23-27-7-5-4-6-8-27)35(22-28)52-30-16-11-26(12-17-30)19-32(40-24(2)44)36(46)41-33(37(47)42-34)20-25-9-14-29(45)15-10-25/h4-18,22,32-34,45H,3,19-21,23H2,1-2H3,(H,40,44)(H,41,46)(H,42,47)(H,43,49)/t32-,33-,34-/m0/s1. The molecule has 13 nitrogen and oxygen atoms in total. The minimum atomic E-state index is -1.19. The Labute approximate surface area is 300 Å². The number of carbonyl (C=O) groups excluding carboxylic acids is 5. The lowest BCUT2D eigenvalue weighted by molar-refractivity contribution is -0.147. The molecule has 2 aliphatic rings. The first kappa shape index (κ1) is 36.9. The van der Waals surface area contributed by atoms with E-state index in [0.717, 1.165) is 5.56 Å². The van der Waals surface area contributed by atoms with E-state index in [4.69, 9.17) is 14.2 Å². The Bertz CT molecular complexity index is 1880. The Morgan fingerprint density at radius 3 is 2.23 bits per heavy atom. The maximum absolute atomic E-state index is 13.9. The highest BCUT2D eigenvalue weighted by molar-refractivity contribution is 5.94. The molecule has 4 aromatic rings. The van der Waals surface area contributed by atoms with Crippen molar-refractivity contribution < 1.29 is 43.3 Å². The predicted octanol–water partition coefficient (Wildman–Crippen LogP) is 4.31. The summed E-state index contributed by atoms with van der Waals surface area (Å²) in [5, 5.41) is 20.7. The number of rotatable bonds is 8. The minimum Gasteiger partial charge on any atom is -0.508 e. The average Bonchev–Trinajstić information content (AvgIpc) is 3.12. The molecule has 4 amide bonds. The molecule has 0 aliphatic carbocycles. The Balaban J connectivity index is 1.50. The molecule has 0 aromatic heterocycles. The molecule has 3 atom stereocenters. The van der Waals surface area contributed by atoms with Gasteiger partial charge < -0.3 is 35.3 Å². The van der Waals surface area contributed by atoms with Crippen LogP contribution in [0.1, 0.15) is 36.1 Å². The van der Waals surface area contributed by atoms with Crippen molar-refractivity contribution in [2.75, 3.05) is 11.9 Å². The van der Waals surface area contributed by atoms with E-state index in [9.17, 15) is 29.1 Å². The van der Waals surface area contributed by atoms with Gasteiger partial charge in [0.2, 0.25) is 17.7 Å². The van der Waals surface area contributed by atoms with Gasteiger partial charge in [0.15, 0.2) is 5.75 Å². The number of benzene rings is 4. The van der Waals surface area contributed by atoms with Crippen molar-refractivity contribution in [3.05, 3.63) is 119 Å². The lowest BCUT2D eigenvalue weighted by atomic mass is 10.0. The van der Waals surface area contributed by atoms with Gasteiger partial charge in [0.1, 0.15) is 36.2 Å². The molecular formula is C39H40N4O9. The molecule has 0 radical (unpaired) electrons. The fourth-order valence-electron chi connectivity index (χ4n) is 5.55. The number of phenolic OH excluding ortho intramolecular Hbond substituents is 1. The van der Waals surface area contributed by atoms with Crippen LogP contribution in [0, 0.1) is 0 Å². The van der Waals surface area contributed by atoms with Crippen LogP contribution < -0.4 is 26.0 Å². The fourth-order valence-corrected chi connectivity index (χ4v) is 5.55. The summed E-state index contributed by atoms with van der Waals surface area (Å²) in [7, 11) is 0. The van der Waals surface area contributed by atoms with E-state index in [1.807, 2.05) is 30.3 Å². The molecule has 0 saturated carbocycles. The molecule has 52 heavy (non-hydrogen) atoms. The first-order valence-corrected chi connectivity index (χ1v) is 16.8. The maximum atomic E-state index is 13.9. The van der Waals surface area contributed by atoms with Crippen LogP contribution in [0.25, 0.3) is 0 Å². The molecule has 4 bridgehead atoms. The Kier molecular flexibility index (Phi) is 12.4. The normalized spacial score (nSPS) is 17.4. The highest BCUT2D eigenvalue weighted by Crippen LogP contribution is 2.32. The molecule has 0 spiro atoms. The van der Waals surface area contributed by atoms with Gasteiger partial charge in [0.25, 0.3) is 0 Å². The van der Waals surface area contributed by atoms with Crippen LogP contribution in [0.5, 0.6) is 17.2 Å². The zero-order chi connectivity index (χ0) is 37.0. The second kappa shape index (κ2) is 17.5. The van der Waals surface area contributed by atoms with Gasteiger partial charge in [-0.25, -0.2) is 9.59 Å². The van der Waals surface area contributed by atoms with E-state index in [1.165, 1.54) is 19.1 Å². The van der Waals surface area contributed by atoms with Crippen molar-refractivity contribution in [1.82, 2.24) is 16.0 Å². The van der Waals surface area contributed by atoms with Gasteiger partial charge in [-0.05, 0) is 65.6 Å². The van der Waals surface area contributed by atoms with Crippen LogP contribution in [-0.4, -0.2) is 59.6 Å². The van der Waals surface area contributed by atoms with Crippen molar-refractivity contribution in [3.8, 4) is 17.2 Å². The second-order valence-corrected chi connectivity index (χ2v) is 12.2. The number of fused-ring (bicyclic) bond motifs is 10. The summed E-state index contributed by atoms with van der Waals surface area (Å²) in [6, 6.07) is 23.7. The van der Waals surface area contributed by atoms with Crippen LogP contribution in [0.4, 0.5) is 10.5 Å². The summed E-state index contributed by atoms with van der Waals surface area (Å²) in [5.74, 6) is -1.79. The zero-order valence-electron chi connectivity index (χ0n) is 28.7. The molecular weight excluding hydrogens is 668 g/mol. The number of hydrogen-bond donors (Lipinski definition) is 5. The Morgan fingerprint density at radius 1 is 0.827 bits per heavy atom. The van der Waals surface area contributed by atoms with Gasteiger partial charge in [-0.2, -0.15) is 0 Å². The number of phenols is 1. The fraction of sp³-hybridized carbons (Fsp3) is 0.256. The lowest BCUT2D eigenvalue weighted by Gasteiger charge is -2.25. The van der Waals surface area contributed by atoms with Crippen LogP contribution in [-0.2, 0) is 54.5 Å². The van der Waals surface area contributed by atoms with Crippen molar-refractivity contribution in [1.29, 1.82) is 0 Å². The molecule has 13 heteroatoms. The number of esters is 1. The van der Waals surface area contributed by atoms with Gasteiger partial charge in [0.05, 0.1) is 12.3 Å². The van der Waals surface area contributed by atoms with Gasteiger partial charge in [-0.3, -0.25) is 19.7 Å². The van der Waals surface area contributed by atoms with Crippen LogP contribution >= 0.6 is 0 Å². The van der Waals surface area contributed by atoms with Gasteiger partial charge in [-0.15, -0.1) is 0 Å². The number of carbonyl (C=O) groups is 5. The quantitative estimate of drug-likeness (QED) is 0.167. The van der Waals surface area contributed by atoms with E-state index < -0.39 is 47.9 Å². The molecule has 5 N–H and O–H groups in total. The van der Waals surface area contributed by atoms with E-state index in [0.29, 0.717) is 22.4 Å². The van der Waals surface area contributed by atoms with Gasteiger partial charge in [-0.1, -0.05) is 60.7 Å². The second-order valence-electron chi connectivity index (χ2n) is 12.2. The van der Waals surface area contributed by atoms with E-state index in [1.54, 1.807) is 61.5 Å². The highest BCUT2D eigenvalue weighted by Gasteiger charge is 2.31. The molecule has 6 rings (SSSR count). The summed E-state index contributed by atoms with van der Waals surface area (Å²) in [6.07, 6.45) is -0.659. The number of nitrogens with one attached hydrogen (secondary N) is 4. The van der Waals surface area contributed by atoms with E-state index in [-0.39, 0.29) is 49.7 Å². The molecule has 0 saturated heterocycles. The number of anilines is 1. The minimum absolute atomic E-state index is 0.00755. The first-order valence-electron chi connectivity index (χ1n) is 16.8. The SMILES string of the molecule is CCOC(=O)[C@@H]1Cc2ccc(NC(=O)OCc3ccccc3)c(c2)Oc2ccc(cc2)C[C@H](NC(C)=O)C(=O)N[C@@H](Cc2ccc(O)cc2)C(=O)N1. The van der Waals surface area contributed by atoms with Crippen LogP contribution in [0.15, 0.2) is 97.1 Å². The lowest BCUT2D eigenvalue weighted by Crippen LogP contribution is -2.57. The molecule has 2 aliphatic heterocycles. The van der Waals surface area contributed by atoms with E-state index >= 15 is 0 Å². The summed E-state index contributed by atoms with van der Waals surface area (Å²) in [5.41, 5.74) is 2.96. The maximum Gasteiger partial charge on any atom is 0.412 e. The summed E-state index contributed by atoms with van der Waals surface area (Å²) < 4.78 is 16.9. The molecule has 2 heterocycles. The molecule has 4 aromatic carbocycles. The van der Waals surface area contributed by atoms with Gasteiger partial charge in [0, 0.05) is 26.2 Å². The summed E-state index contributed by atoms with van der Waals surface area (Å²) in [4.78, 5) is 65.9. The molecule has 0 unspecified atom stereocenters. The number of amides is 4. The van der Waals surface area contributed by atoms with Gasteiger partial charge >= 0.3 is 12.1 Å². The van der Waals surface area contributed by atoms with Crippen molar-refractivity contribution in [2.24, 2.45) is 0 Å². The molecule has 0 fully saturated rings. The average molecular weight is 709 g/mol. The Morgan fingerprint density at radius 2 is 1.54 bits per heavy atom. The Hall–Kier alpha value is -6.37. The number of aromatic hydroxyl groups is 1. The third-order valence-corrected chi connectivity index (χ3v) is 8.12. The van der Waals surface area contributed by atoms with Crippen molar-refractivity contribution in [3.63, 3.8) is 0 Å². The van der Waals surface area contributed by atoms with Crippen molar-refractivity contribution >= 4 is 35.5 Å². The topological polar surface area (TPSA) is 181 Å². The predicted molar refractivity (Wildman–Crippen MR) is 191 cm³/mol. The monoisotopic (exact) mass is 708 g/mol. The highest BCUT2D eigenvalue weighted by atomic mass is 16.5. The largest absolute Gasteiger partial charge is 0.508 e. The van der Waals surface area contributed by atoms with Crippen LogP contribution in [0.3, 0.4) is 0 Å². The smallest absolute Gasteiger partial charge is 0.412 e. The van der Waals surface area contributed by atoms with Crippen molar-refractivity contribution in [2.45, 2.75) is 57.8 Å². The number of ether oxygens (including phenoxy) is 3. The van der Waals surface area contributed by atoms with E-state index in [2.05, 4.69) is 21.3 Å². The third-order valence-electron chi connectivity index (χ3n) is 8.12. The molecule has 270 valence electrons. The third kappa shape index (κ3) is 10.6. The summed E-state index contributed by atoms with van der Waals surface area (Å²) in [6.45, 7) is 3.03. The number of hydrogen-bond acceptors (Lipinski definition) is 9. The van der Waals surface area contributed by atoms with Crippen LogP contribution in [0.2, 0.25) is 0 Å².